The standard InChI is InChI=1S/C29H30N4O3/c1-22-20-31(25-12-6-3-7-13-25)15-16-32(22)26(34)17-29(24-10-4-2-5-11-24)18-27(35)33(28(29)36)21-23-9-8-14-30-19-23/h2-14,19,22H,15-18,20-21H2,1H3/t22-,29+/m1/s1. The van der Waals surface area contributed by atoms with E-state index in [1.54, 1.807) is 18.5 Å². The second-order valence-electron chi connectivity index (χ2n) is 9.67. The number of imide groups is 1. The molecule has 7 nitrogen and oxygen atoms in total. The summed E-state index contributed by atoms with van der Waals surface area (Å²) in [5, 5.41) is 0. The molecule has 0 unspecified atom stereocenters. The Morgan fingerprint density at radius 1 is 0.972 bits per heavy atom. The number of carbonyl (C=O) groups excluding carboxylic acids is 3. The number of anilines is 1. The number of hydrogen-bond acceptors (Lipinski definition) is 5. The van der Waals surface area contributed by atoms with Crippen molar-refractivity contribution in [1.82, 2.24) is 14.8 Å². The van der Waals surface area contributed by atoms with Gasteiger partial charge in [0.05, 0.1) is 12.0 Å². The molecule has 0 bridgehead atoms. The summed E-state index contributed by atoms with van der Waals surface area (Å²) in [4.78, 5) is 50.3. The number of para-hydroxylation sites is 1. The number of piperazine rings is 1. The van der Waals surface area contributed by atoms with Crippen LogP contribution in [0.5, 0.6) is 0 Å². The fraction of sp³-hybridized carbons (Fsp3) is 0.310. The molecule has 3 heterocycles. The molecule has 2 aliphatic rings. The molecule has 36 heavy (non-hydrogen) atoms. The monoisotopic (exact) mass is 482 g/mol. The summed E-state index contributed by atoms with van der Waals surface area (Å²) in [6.45, 7) is 4.20. The Kier molecular flexibility index (Phi) is 6.55. The minimum absolute atomic E-state index is 0.0137. The van der Waals surface area contributed by atoms with E-state index in [1.165, 1.54) is 4.90 Å². The van der Waals surface area contributed by atoms with Gasteiger partial charge in [-0.25, -0.2) is 0 Å². The van der Waals surface area contributed by atoms with Gasteiger partial charge in [-0.1, -0.05) is 54.6 Å². The van der Waals surface area contributed by atoms with Gasteiger partial charge in [-0.05, 0) is 36.2 Å². The van der Waals surface area contributed by atoms with Gasteiger partial charge in [0.2, 0.25) is 17.7 Å². The quantitative estimate of drug-likeness (QED) is 0.504. The molecule has 0 N–H and O–H groups in total. The fourth-order valence-electron chi connectivity index (χ4n) is 5.42. The van der Waals surface area contributed by atoms with Crippen LogP contribution in [-0.4, -0.2) is 58.2 Å². The third kappa shape index (κ3) is 4.49. The van der Waals surface area contributed by atoms with Gasteiger partial charge in [0.15, 0.2) is 0 Å². The molecule has 0 spiro atoms. The van der Waals surface area contributed by atoms with Crippen LogP contribution in [0, 0.1) is 0 Å². The molecule has 2 saturated heterocycles. The lowest BCUT2D eigenvalue weighted by molar-refractivity contribution is -0.144. The van der Waals surface area contributed by atoms with Crippen LogP contribution >= 0.6 is 0 Å². The van der Waals surface area contributed by atoms with Crippen LogP contribution in [-0.2, 0) is 26.3 Å². The number of hydrogen-bond donors (Lipinski definition) is 0. The molecular formula is C29H30N4O3. The number of aromatic nitrogens is 1. The normalized spacial score (nSPS) is 22.2. The maximum atomic E-state index is 13.9. The summed E-state index contributed by atoms with van der Waals surface area (Å²) in [6.07, 6.45) is 3.27. The Balaban J connectivity index is 1.38. The highest BCUT2D eigenvalue weighted by Crippen LogP contribution is 2.41. The number of rotatable bonds is 6. The van der Waals surface area contributed by atoms with Crippen LogP contribution in [0.4, 0.5) is 5.69 Å². The molecular weight excluding hydrogens is 452 g/mol. The van der Waals surface area contributed by atoms with Gasteiger partial charge in [0.25, 0.3) is 0 Å². The van der Waals surface area contributed by atoms with E-state index in [0.717, 1.165) is 17.8 Å². The number of likely N-dealkylation sites (tertiary alicyclic amines) is 1. The summed E-state index contributed by atoms with van der Waals surface area (Å²) in [5.41, 5.74) is 1.43. The van der Waals surface area contributed by atoms with Crippen LogP contribution in [0.15, 0.2) is 85.2 Å². The Labute approximate surface area is 211 Å². The largest absolute Gasteiger partial charge is 0.368 e. The third-order valence-electron chi connectivity index (χ3n) is 7.32. The van der Waals surface area contributed by atoms with Crippen molar-refractivity contribution < 1.29 is 14.4 Å². The Morgan fingerprint density at radius 3 is 2.36 bits per heavy atom. The number of pyridine rings is 1. The van der Waals surface area contributed by atoms with E-state index >= 15 is 0 Å². The molecule has 5 rings (SSSR count). The molecule has 2 aliphatic heterocycles. The van der Waals surface area contributed by atoms with Crippen LogP contribution in [0.1, 0.15) is 30.9 Å². The average molecular weight is 483 g/mol. The number of nitrogens with zero attached hydrogens (tertiary/aromatic N) is 4. The zero-order valence-corrected chi connectivity index (χ0v) is 20.4. The number of amides is 3. The highest BCUT2D eigenvalue weighted by atomic mass is 16.2. The lowest BCUT2D eigenvalue weighted by Crippen LogP contribution is -2.55. The average Bonchev–Trinajstić information content (AvgIpc) is 3.15. The van der Waals surface area contributed by atoms with Crippen molar-refractivity contribution in [1.29, 1.82) is 0 Å². The van der Waals surface area contributed by atoms with E-state index in [2.05, 4.69) is 22.0 Å². The van der Waals surface area contributed by atoms with Gasteiger partial charge in [-0.2, -0.15) is 0 Å². The molecule has 0 saturated carbocycles. The van der Waals surface area contributed by atoms with Gasteiger partial charge in [-0.15, -0.1) is 0 Å². The number of carbonyl (C=O) groups is 3. The molecule has 3 amide bonds. The molecule has 0 radical (unpaired) electrons. The molecule has 184 valence electrons. The summed E-state index contributed by atoms with van der Waals surface area (Å²) in [6, 6.07) is 23.1. The maximum absolute atomic E-state index is 13.9. The SMILES string of the molecule is C[C@@H]1CN(c2ccccc2)CCN1C(=O)C[C@@]1(c2ccccc2)CC(=O)N(Cc2cccnc2)C1=O. The van der Waals surface area contributed by atoms with E-state index < -0.39 is 5.41 Å². The van der Waals surface area contributed by atoms with Crippen molar-refractivity contribution in [3.63, 3.8) is 0 Å². The highest BCUT2D eigenvalue weighted by molar-refractivity contribution is 6.10. The maximum Gasteiger partial charge on any atom is 0.241 e. The Hall–Kier alpha value is -4.00. The predicted molar refractivity (Wildman–Crippen MR) is 137 cm³/mol. The molecule has 1 aromatic heterocycles. The summed E-state index contributed by atoms with van der Waals surface area (Å²) in [7, 11) is 0. The van der Waals surface area contributed by atoms with E-state index in [0.29, 0.717) is 18.7 Å². The van der Waals surface area contributed by atoms with Crippen molar-refractivity contribution in [3.05, 3.63) is 96.3 Å². The predicted octanol–water partition coefficient (Wildman–Crippen LogP) is 3.41. The topological polar surface area (TPSA) is 73.8 Å². The zero-order chi connectivity index (χ0) is 25.1. The minimum Gasteiger partial charge on any atom is -0.368 e. The van der Waals surface area contributed by atoms with Crippen molar-refractivity contribution in [2.24, 2.45) is 0 Å². The van der Waals surface area contributed by atoms with Gasteiger partial charge in [-0.3, -0.25) is 24.3 Å². The lowest BCUT2D eigenvalue weighted by atomic mass is 9.75. The first-order valence-electron chi connectivity index (χ1n) is 12.4. The van der Waals surface area contributed by atoms with Gasteiger partial charge < -0.3 is 9.80 Å². The molecule has 0 aliphatic carbocycles. The van der Waals surface area contributed by atoms with Crippen LogP contribution in [0.2, 0.25) is 0 Å². The van der Waals surface area contributed by atoms with E-state index in [9.17, 15) is 14.4 Å². The Bertz CT molecular complexity index is 1240. The second kappa shape index (κ2) is 9.93. The zero-order valence-electron chi connectivity index (χ0n) is 20.4. The summed E-state index contributed by atoms with van der Waals surface area (Å²) >= 11 is 0. The molecule has 2 fully saturated rings. The summed E-state index contributed by atoms with van der Waals surface area (Å²) < 4.78 is 0. The number of benzene rings is 2. The second-order valence-corrected chi connectivity index (χ2v) is 9.67. The Morgan fingerprint density at radius 2 is 1.69 bits per heavy atom. The van der Waals surface area contributed by atoms with Crippen LogP contribution in [0.25, 0.3) is 0 Å². The van der Waals surface area contributed by atoms with Crippen LogP contribution in [0.3, 0.4) is 0 Å². The first-order chi connectivity index (χ1) is 17.5. The third-order valence-corrected chi connectivity index (χ3v) is 7.32. The van der Waals surface area contributed by atoms with Crippen molar-refractivity contribution in [2.75, 3.05) is 24.5 Å². The fourth-order valence-corrected chi connectivity index (χ4v) is 5.42. The lowest BCUT2D eigenvalue weighted by Gasteiger charge is -2.42. The van der Waals surface area contributed by atoms with Crippen molar-refractivity contribution >= 4 is 23.4 Å². The first kappa shape index (κ1) is 23.7. The van der Waals surface area contributed by atoms with Crippen LogP contribution < -0.4 is 4.90 Å². The van der Waals surface area contributed by atoms with Gasteiger partial charge >= 0.3 is 0 Å². The molecule has 3 aromatic rings. The van der Waals surface area contributed by atoms with Crippen molar-refractivity contribution in [2.45, 2.75) is 37.8 Å². The molecule has 2 aromatic carbocycles. The summed E-state index contributed by atoms with van der Waals surface area (Å²) in [5.74, 6) is -0.669. The first-order valence-corrected chi connectivity index (χ1v) is 12.4. The van der Waals surface area contributed by atoms with Gasteiger partial charge in [0.1, 0.15) is 0 Å². The minimum atomic E-state index is -1.20. The molecule has 2 atom stereocenters. The van der Waals surface area contributed by atoms with E-state index in [-0.39, 0.29) is 43.1 Å². The van der Waals surface area contributed by atoms with E-state index in [1.807, 2.05) is 66.4 Å². The highest BCUT2D eigenvalue weighted by Gasteiger charge is 2.54. The smallest absolute Gasteiger partial charge is 0.241 e. The van der Waals surface area contributed by atoms with Gasteiger partial charge in [0, 0.05) is 56.6 Å². The van der Waals surface area contributed by atoms with E-state index in [4.69, 9.17) is 0 Å². The van der Waals surface area contributed by atoms with Crippen molar-refractivity contribution in [3.8, 4) is 0 Å². The molecule has 7 heteroatoms.